The van der Waals surface area contributed by atoms with E-state index in [4.69, 9.17) is 21.1 Å². The standard InChI is InChI=1S/C11H8ClNO3S/c12-8-5-13-4-3-7(8)6-17-10-2-1-9(16-10)11(14)15/h1-5H,6H2,(H,14,15). The third-order valence-corrected chi connectivity index (χ3v) is 3.32. The molecule has 2 rings (SSSR count). The molecule has 0 radical (unpaired) electrons. The summed E-state index contributed by atoms with van der Waals surface area (Å²) in [5.74, 6) is -0.527. The Balaban J connectivity index is 2.02. The van der Waals surface area contributed by atoms with Crippen molar-refractivity contribution in [3.8, 4) is 0 Å². The molecule has 17 heavy (non-hydrogen) atoms. The number of hydrogen-bond acceptors (Lipinski definition) is 4. The van der Waals surface area contributed by atoms with Crippen molar-refractivity contribution in [3.05, 3.63) is 46.9 Å². The molecule has 0 fully saturated rings. The van der Waals surface area contributed by atoms with Crippen LogP contribution in [0.4, 0.5) is 0 Å². The number of rotatable bonds is 4. The van der Waals surface area contributed by atoms with Gasteiger partial charge in [0, 0.05) is 18.1 Å². The van der Waals surface area contributed by atoms with E-state index in [0.717, 1.165) is 5.56 Å². The fraction of sp³-hybridized carbons (Fsp3) is 0.0909. The van der Waals surface area contributed by atoms with E-state index >= 15 is 0 Å². The zero-order chi connectivity index (χ0) is 12.3. The summed E-state index contributed by atoms with van der Waals surface area (Å²) < 4.78 is 5.11. The third kappa shape index (κ3) is 3.01. The molecule has 0 aliphatic carbocycles. The van der Waals surface area contributed by atoms with Gasteiger partial charge < -0.3 is 9.52 Å². The summed E-state index contributed by atoms with van der Waals surface area (Å²) in [5, 5.41) is 9.83. The summed E-state index contributed by atoms with van der Waals surface area (Å²) in [4.78, 5) is 14.5. The van der Waals surface area contributed by atoms with Crippen LogP contribution >= 0.6 is 23.4 Å². The van der Waals surface area contributed by atoms with Gasteiger partial charge in [0.2, 0.25) is 5.76 Å². The Morgan fingerprint density at radius 2 is 2.29 bits per heavy atom. The molecule has 0 atom stereocenters. The number of aromatic nitrogens is 1. The zero-order valence-electron chi connectivity index (χ0n) is 8.59. The van der Waals surface area contributed by atoms with Crippen LogP contribution in [-0.2, 0) is 5.75 Å². The molecular weight excluding hydrogens is 262 g/mol. The normalized spacial score (nSPS) is 10.4. The highest BCUT2D eigenvalue weighted by Crippen LogP contribution is 2.27. The minimum Gasteiger partial charge on any atom is -0.475 e. The highest BCUT2D eigenvalue weighted by Gasteiger charge is 2.09. The average molecular weight is 270 g/mol. The smallest absolute Gasteiger partial charge is 0.371 e. The van der Waals surface area contributed by atoms with Crippen LogP contribution in [-0.4, -0.2) is 16.1 Å². The van der Waals surface area contributed by atoms with Crippen molar-refractivity contribution in [2.75, 3.05) is 0 Å². The van der Waals surface area contributed by atoms with Gasteiger partial charge in [0.05, 0.1) is 5.02 Å². The maximum absolute atomic E-state index is 10.6. The van der Waals surface area contributed by atoms with Crippen molar-refractivity contribution in [1.82, 2.24) is 4.98 Å². The van der Waals surface area contributed by atoms with Gasteiger partial charge in [-0.2, -0.15) is 0 Å². The zero-order valence-corrected chi connectivity index (χ0v) is 10.2. The molecule has 0 saturated carbocycles. The van der Waals surface area contributed by atoms with E-state index in [0.29, 0.717) is 15.9 Å². The number of nitrogens with zero attached hydrogens (tertiary/aromatic N) is 1. The number of carboxylic acids is 1. The van der Waals surface area contributed by atoms with Gasteiger partial charge in [0.15, 0.2) is 5.09 Å². The first-order valence-electron chi connectivity index (χ1n) is 4.71. The number of hydrogen-bond donors (Lipinski definition) is 1. The predicted molar refractivity (Wildman–Crippen MR) is 64.5 cm³/mol. The van der Waals surface area contributed by atoms with Crippen molar-refractivity contribution in [2.45, 2.75) is 10.8 Å². The van der Waals surface area contributed by atoms with Crippen LogP contribution in [0.1, 0.15) is 16.1 Å². The quantitative estimate of drug-likeness (QED) is 0.863. The van der Waals surface area contributed by atoms with Crippen LogP contribution < -0.4 is 0 Å². The summed E-state index contributed by atoms with van der Waals surface area (Å²) >= 11 is 7.33. The molecule has 2 heterocycles. The lowest BCUT2D eigenvalue weighted by atomic mass is 10.3. The van der Waals surface area contributed by atoms with E-state index in [-0.39, 0.29) is 5.76 Å². The number of furan rings is 1. The second-order valence-corrected chi connectivity index (χ2v) is 4.57. The molecule has 0 aromatic carbocycles. The van der Waals surface area contributed by atoms with Crippen LogP contribution in [0.15, 0.2) is 40.1 Å². The van der Waals surface area contributed by atoms with E-state index in [1.807, 2.05) is 6.07 Å². The molecular formula is C11H8ClNO3S. The van der Waals surface area contributed by atoms with Gasteiger partial charge in [-0.1, -0.05) is 23.4 Å². The molecule has 0 unspecified atom stereocenters. The Morgan fingerprint density at radius 3 is 2.94 bits per heavy atom. The summed E-state index contributed by atoms with van der Waals surface area (Å²) in [6, 6.07) is 4.87. The van der Waals surface area contributed by atoms with Gasteiger partial charge >= 0.3 is 5.97 Å². The first-order chi connectivity index (χ1) is 8.16. The van der Waals surface area contributed by atoms with E-state index in [9.17, 15) is 4.79 Å². The van der Waals surface area contributed by atoms with Crippen molar-refractivity contribution >= 4 is 29.3 Å². The summed E-state index contributed by atoms with van der Waals surface area (Å²) in [6.45, 7) is 0. The van der Waals surface area contributed by atoms with Crippen LogP contribution in [0.2, 0.25) is 5.02 Å². The summed E-state index contributed by atoms with van der Waals surface area (Å²) in [5.41, 5.74) is 0.931. The van der Waals surface area contributed by atoms with Gasteiger partial charge in [-0.05, 0) is 23.8 Å². The molecule has 0 aliphatic heterocycles. The maximum Gasteiger partial charge on any atom is 0.371 e. The van der Waals surface area contributed by atoms with Crippen LogP contribution in [0, 0.1) is 0 Å². The minimum absolute atomic E-state index is 0.0617. The number of thioether (sulfide) groups is 1. The lowest BCUT2D eigenvalue weighted by Crippen LogP contribution is -1.91. The number of carbonyl (C=O) groups is 1. The van der Waals surface area contributed by atoms with Crippen LogP contribution in [0.25, 0.3) is 0 Å². The van der Waals surface area contributed by atoms with E-state index in [1.54, 1.807) is 18.5 Å². The molecule has 1 N–H and O–H groups in total. The van der Waals surface area contributed by atoms with Crippen molar-refractivity contribution in [3.63, 3.8) is 0 Å². The minimum atomic E-state index is -1.07. The van der Waals surface area contributed by atoms with Gasteiger partial charge in [-0.25, -0.2) is 4.79 Å². The molecule has 0 aliphatic rings. The number of pyridine rings is 1. The molecule has 2 aromatic heterocycles. The molecule has 0 amide bonds. The Hall–Kier alpha value is -1.46. The molecule has 0 saturated heterocycles. The lowest BCUT2D eigenvalue weighted by Gasteiger charge is -2.00. The molecule has 0 spiro atoms. The molecule has 6 heteroatoms. The number of carboxylic acid groups (broad SMARTS) is 1. The van der Waals surface area contributed by atoms with Gasteiger partial charge in [0.1, 0.15) is 0 Å². The second-order valence-electron chi connectivity index (χ2n) is 3.18. The SMILES string of the molecule is O=C(O)c1ccc(SCc2ccncc2Cl)o1. The fourth-order valence-electron chi connectivity index (χ4n) is 1.18. The molecule has 4 nitrogen and oxygen atoms in total. The topological polar surface area (TPSA) is 63.3 Å². The Kier molecular flexibility index (Phi) is 3.71. The third-order valence-electron chi connectivity index (χ3n) is 2.02. The van der Waals surface area contributed by atoms with Gasteiger partial charge in [-0.15, -0.1) is 0 Å². The van der Waals surface area contributed by atoms with Gasteiger partial charge in [-0.3, -0.25) is 4.98 Å². The predicted octanol–water partition coefficient (Wildman–Crippen LogP) is 3.32. The fourth-order valence-corrected chi connectivity index (χ4v) is 2.31. The Bertz CT molecular complexity index is 541. The first kappa shape index (κ1) is 12.0. The highest BCUT2D eigenvalue weighted by molar-refractivity contribution is 7.98. The van der Waals surface area contributed by atoms with Crippen molar-refractivity contribution in [1.29, 1.82) is 0 Å². The van der Waals surface area contributed by atoms with Crippen molar-refractivity contribution < 1.29 is 14.3 Å². The Morgan fingerprint density at radius 1 is 1.47 bits per heavy atom. The van der Waals surface area contributed by atoms with Crippen LogP contribution in [0.5, 0.6) is 0 Å². The Labute approximate surface area is 107 Å². The monoisotopic (exact) mass is 269 g/mol. The number of halogens is 1. The van der Waals surface area contributed by atoms with E-state index < -0.39 is 5.97 Å². The van der Waals surface area contributed by atoms with Gasteiger partial charge in [0.25, 0.3) is 0 Å². The number of aromatic carboxylic acids is 1. The largest absolute Gasteiger partial charge is 0.475 e. The molecule has 2 aromatic rings. The molecule has 88 valence electrons. The first-order valence-corrected chi connectivity index (χ1v) is 6.07. The molecule has 0 bridgehead atoms. The second kappa shape index (κ2) is 5.25. The van der Waals surface area contributed by atoms with Crippen LogP contribution in [0.3, 0.4) is 0 Å². The van der Waals surface area contributed by atoms with Crippen molar-refractivity contribution in [2.24, 2.45) is 0 Å². The summed E-state index contributed by atoms with van der Waals surface area (Å²) in [6.07, 6.45) is 3.23. The summed E-state index contributed by atoms with van der Waals surface area (Å²) in [7, 11) is 0. The lowest BCUT2D eigenvalue weighted by molar-refractivity contribution is 0.0656. The maximum atomic E-state index is 10.6. The van der Waals surface area contributed by atoms with E-state index in [2.05, 4.69) is 4.98 Å². The average Bonchev–Trinajstić information content (AvgIpc) is 2.77. The van der Waals surface area contributed by atoms with E-state index in [1.165, 1.54) is 17.8 Å². The highest BCUT2D eigenvalue weighted by atomic mass is 35.5.